The van der Waals surface area contributed by atoms with E-state index in [4.69, 9.17) is 10.5 Å². The molecule has 1 aromatic heterocycles. The van der Waals surface area contributed by atoms with Gasteiger partial charge in [-0.25, -0.2) is 4.98 Å². The largest absolute Gasteiger partial charge is 0.377 e. The summed E-state index contributed by atoms with van der Waals surface area (Å²) in [5.41, 5.74) is 5.62. The van der Waals surface area contributed by atoms with Gasteiger partial charge in [-0.2, -0.15) is 0 Å². The quantitative estimate of drug-likeness (QED) is 0.779. The molecule has 6 heteroatoms. The highest BCUT2D eigenvalue weighted by Gasteiger charge is 2.36. The molecular formula is C11H18N4O2. The average molecular weight is 238 g/mol. The van der Waals surface area contributed by atoms with Gasteiger partial charge in [-0.3, -0.25) is 4.79 Å². The van der Waals surface area contributed by atoms with Crippen molar-refractivity contribution in [3.8, 4) is 0 Å². The molecule has 0 aromatic carbocycles. The van der Waals surface area contributed by atoms with Gasteiger partial charge in [0.1, 0.15) is 0 Å². The van der Waals surface area contributed by atoms with Gasteiger partial charge in [0, 0.05) is 32.6 Å². The normalized spacial score (nSPS) is 26.2. The zero-order chi connectivity index (χ0) is 12.4. The number of methoxy groups -OCH3 is 1. The maximum absolute atomic E-state index is 11.8. The van der Waals surface area contributed by atoms with Crippen LogP contribution in [0.25, 0.3) is 0 Å². The molecule has 17 heavy (non-hydrogen) atoms. The van der Waals surface area contributed by atoms with Crippen molar-refractivity contribution in [3.63, 3.8) is 0 Å². The molecule has 1 amide bonds. The summed E-state index contributed by atoms with van der Waals surface area (Å²) in [7, 11) is 1.66. The first-order valence-electron chi connectivity index (χ1n) is 5.68. The molecule has 6 nitrogen and oxygen atoms in total. The van der Waals surface area contributed by atoms with Gasteiger partial charge in [0.25, 0.3) is 0 Å². The molecule has 1 aliphatic heterocycles. The van der Waals surface area contributed by atoms with Crippen molar-refractivity contribution in [1.29, 1.82) is 0 Å². The summed E-state index contributed by atoms with van der Waals surface area (Å²) >= 11 is 0. The minimum Gasteiger partial charge on any atom is -0.377 e. The lowest BCUT2D eigenvalue weighted by atomic mass is 10.2. The lowest BCUT2D eigenvalue weighted by molar-refractivity contribution is -0.131. The Bertz CT molecular complexity index is 377. The van der Waals surface area contributed by atoms with Crippen molar-refractivity contribution in [2.75, 3.05) is 20.2 Å². The second-order valence-corrected chi connectivity index (χ2v) is 4.38. The third-order valence-corrected chi connectivity index (χ3v) is 3.15. The Morgan fingerprint density at radius 1 is 1.59 bits per heavy atom. The highest BCUT2D eigenvalue weighted by Crippen LogP contribution is 2.24. The number of ether oxygens (including phenoxy) is 1. The summed E-state index contributed by atoms with van der Waals surface area (Å²) in [5, 5.41) is 0. The van der Waals surface area contributed by atoms with Gasteiger partial charge >= 0.3 is 0 Å². The van der Waals surface area contributed by atoms with Crippen LogP contribution in [0.3, 0.4) is 0 Å². The van der Waals surface area contributed by atoms with E-state index < -0.39 is 6.04 Å². The van der Waals surface area contributed by atoms with Crippen LogP contribution in [0.1, 0.15) is 13.0 Å². The molecule has 0 bridgehead atoms. The average Bonchev–Trinajstić information content (AvgIpc) is 2.95. The molecule has 0 saturated carbocycles. The molecule has 2 rings (SSSR count). The Morgan fingerprint density at radius 3 is 2.88 bits per heavy atom. The highest BCUT2D eigenvalue weighted by molar-refractivity contribution is 5.81. The molecule has 3 unspecified atom stereocenters. The number of nitrogens with two attached hydrogens (primary N) is 1. The second-order valence-electron chi connectivity index (χ2n) is 4.38. The van der Waals surface area contributed by atoms with E-state index in [0.29, 0.717) is 13.1 Å². The minimum absolute atomic E-state index is 0.00750. The van der Waals surface area contributed by atoms with Gasteiger partial charge in [0.2, 0.25) is 5.91 Å². The third-order valence-electron chi connectivity index (χ3n) is 3.15. The Balaban J connectivity index is 2.11. The van der Waals surface area contributed by atoms with Crippen LogP contribution in [-0.4, -0.2) is 52.7 Å². The second kappa shape index (κ2) is 4.85. The van der Waals surface area contributed by atoms with Crippen LogP contribution in [0, 0.1) is 0 Å². The van der Waals surface area contributed by atoms with Crippen molar-refractivity contribution in [1.82, 2.24) is 14.5 Å². The predicted octanol–water partition coefficient (Wildman–Crippen LogP) is -0.371. The topological polar surface area (TPSA) is 73.4 Å². The predicted molar refractivity (Wildman–Crippen MR) is 62.3 cm³/mol. The zero-order valence-corrected chi connectivity index (χ0v) is 10.1. The van der Waals surface area contributed by atoms with Gasteiger partial charge in [0.15, 0.2) is 0 Å². The summed E-state index contributed by atoms with van der Waals surface area (Å²) in [6.45, 7) is 2.91. The number of carbonyl (C=O) groups excluding carboxylic acids is 1. The lowest BCUT2D eigenvalue weighted by Crippen LogP contribution is -2.41. The van der Waals surface area contributed by atoms with Crippen molar-refractivity contribution in [3.05, 3.63) is 18.7 Å². The molecule has 94 valence electrons. The standard InChI is InChI=1S/C11H18N4O2/c1-8(12)11(16)15-5-9(10(6-15)17-2)14-4-3-13-7-14/h3-4,7-10H,5-6,12H2,1-2H3. The first kappa shape index (κ1) is 12.1. The van der Waals surface area contributed by atoms with Crippen LogP contribution in [0.5, 0.6) is 0 Å². The van der Waals surface area contributed by atoms with E-state index in [1.54, 1.807) is 31.5 Å². The van der Waals surface area contributed by atoms with Crippen LogP contribution in [0.15, 0.2) is 18.7 Å². The molecule has 0 spiro atoms. The molecule has 2 N–H and O–H groups in total. The lowest BCUT2D eigenvalue weighted by Gasteiger charge is -2.18. The third kappa shape index (κ3) is 2.32. The van der Waals surface area contributed by atoms with Gasteiger partial charge < -0.3 is 19.9 Å². The van der Waals surface area contributed by atoms with Gasteiger partial charge in [-0.15, -0.1) is 0 Å². The van der Waals surface area contributed by atoms with E-state index >= 15 is 0 Å². The number of rotatable bonds is 3. The fourth-order valence-electron chi connectivity index (χ4n) is 2.21. The monoisotopic (exact) mass is 238 g/mol. The van der Waals surface area contributed by atoms with E-state index in [2.05, 4.69) is 4.98 Å². The van der Waals surface area contributed by atoms with Gasteiger partial charge in [0.05, 0.1) is 24.5 Å². The first-order chi connectivity index (χ1) is 8.13. The van der Waals surface area contributed by atoms with Gasteiger partial charge in [-0.05, 0) is 6.92 Å². The Labute approximate surface area is 100 Å². The molecule has 1 aliphatic rings. The molecule has 0 radical (unpaired) electrons. The number of carbonyl (C=O) groups is 1. The van der Waals surface area contributed by atoms with E-state index in [-0.39, 0.29) is 18.1 Å². The molecule has 1 saturated heterocycles. The number of imidazole rings is 1. The summed E-state index contributed by atoms with van der Waals surface area (Å²) in [4.78, 5) is 17.6. The van der Waals surface area contributed by atoms with E-state index in [0.717, 1.165) is 0 Å². The van der Waals surface area contributed by atoms with E-state index in [1.165, 1.54) is 0 Å². The van der Waals surface area contributed by atoms with Crippen molar-refractivity contribution < 1.29 is 9.53 Å². The molecule has 0 aliphatic carbocycles. The summed E-state index contributed by atoms with van der Waals surface area (Å²) in [6, 6.07) is -0.348. The van der Waals surface area contributed by atoms with E-state index in [9.17, 15) is 4.79 Å². The van der Waals surface area contributed by atoms with Gasteiger partial charge in [-0.1, -0.05) is 0 Å². The SMILES string of the molecule is COC1CN(C(=O)C(C)N)CC1n1ccnc1. The Morgan fingerprint density at radius 2 is 2.35 bits per heavy atom. The minimum atomic E-state index is -0.464. The number of aromatic nitrogens is 2. The first-order valence-corrected chi connectivity index (χ1v) is 5.68. The fourth-order valence-corrected chi connectivity index (χ4v) is 2.21. The molecule has 2 heterocycles. The van der Waals surface area contributed by atoms with Crippen LogP contribution in [0.4, 0.5) is 0 Å². The van der Waals surface area contributed by atoms with Crippen molar-refractivity contribution >= 4 is 5.91 Å². The maximum atomic E-state index is 11.8. The molecule has 3 atom stereocenters. The summed E-state index contributed by atoms with van der Waals surface area (Å²) in [6.07, 6.45) is 5.35. The number of hydrogen-bond donors (Lipinski definition) is 1. The molecular weight excluding hydrogens is 220 g/mol. The van der Waals surface area contributed by atoms with Crippen LogP contribution in [0.2, 0.25) is 0 Å². The Hall–Kier alpha value is -1.40. The van der Waals surface area contributed by atoms with Crippen molar-refractivity contribution in [2.45, 2.75) is 25.1 Å². The number of likely N-dealkylation sites (tertiary alicyclic amines) is 1. The van der Waals surface area contributed by atoms with Crippen LogP contribution in [-0.2, 0) is 9.53 Å². The number of hydrogen-bond acceptors (Lipinski definition) is 4. The summed E-state index contributed by atoms with van der Waals surface area (Å²) < 4.78 is 7.40. The smallest absolute Gasteiger partial charge is 0.239 e. The summed E-state index contributed by atoms with van der Waals surface area (Å²) in [5.74, 6) is -0.0327. The zero-order valence-electron chi connectivity index (χ0n) is 10.1. The maximum Gasteiger partial charge on any atom is 0.239 e. The van der Waals surface area contributed by atoms with Crippen LogP contribution >= 0.6 is 0 Å². The van der Waals surface area contributed by atoms with Crippen LogP contribution < -0.4 is 5.73 Å². The highest BCUT2D eigenvalue weighted by atomic mass is 16.5. The molecule has 1 aromatic rings. The number of amides is 1. The Kier molecular flexibility index (Phi) is 3.44. The molecule has 1 fully saturated rings. The number of nitrogens with zero attached hydrogens (tertiary/aromatic N) is 3. The van der Waals surface area contributed by atoms with E-state index in [1.807, 2.05) is 10.8 Å². The fraction of sp³-hybridized carbons (Fsp3) is 0.636. The van der Waals surface area contributed by atoms with Crippen molar-refractivity contribution in [2.24, 2.45) is 5.73 Å².